The Balaban J connectivity index is 2.27. The molecule has 0 fully saturated rings. The van der Waals surface area contributed by atoms with E-state index >= 15 is 0 Å². The summed E-state index contributed by atoms with van der Waals surface area (Å²) in [5, 5.41) is 12.0. The maximum absolute atomic E-state index is 6.12. The van der Waals surface area contributed by atoms with Crippen molar-refractivity contribution in [1.29, 1.82) is 0 Å². The van der Waals surface area contributed by atoms with Crippen molar-refractivity contribution >= 4 is 27.5 Å². The first-order chi connectivity index (χ1) is 8.20. The van der Waals surface area contributed by atoms with Crippen LogP contribution in [0, 0.1) is 0 Å². The largest absolute Gasteiger partial charge is 0.311 e. The summed E-state index contributed by atoms with van der Waals surface area (Å²) in [5.74, 6) is 0. The smallest absolute Gasteiger partial charge is 0.0969 e. The Morgan fingerprint density at radius 3 is 3.06 bits per heavy atom. The summed E-state index contributed by atoms with van der Waals surface area (Å²) in [5.41, 5.74) is 1.71. The first kappa shape index (κ1) is 12.5. The lowest BCUT2D eigenvalue weighted by atomic mass is 10.3. The molecule has 2 rings (SSSR count). The molecule has 6 heteroatoms. The van der Waals surface area contributed by atoms with Crippen LogP contribution in [0.1, 0.15) is 12.6 Å². The molecule has 0 aliphatic heterocycles. The van der Waals surface area contributed by atoms with Crippen LogP contribution in [-0.2, 0) is 6.54 Å². The van der Waals surface area contributed by atoms with Crippen molar-refractivity contribution in [2.45, 2.75) is 13.5 Å². The molecule has 0 aliphatic rings. The number of rotatable bonds is 4. The van der Waals surface area contributed by atoms with Gasteiger partial charge in [-0.25, -0.2) is 4.68 Å². The van der Waals surface area contributed by atoms with E-state index in [0.29, 0.717) is 11.6 Å². The Bertz CT molecular complexity index is 512. The fourth-order valence-corrected chi connectivity index (χ4v) is 1.96. The molecule has 90 valence electrons. The second kappa shape index (κ2) is 5.62. The number of halogens is 2. The van der Waals surface area contributed by atoms with Gasteiger partial charge in [0, 0.05) is 11.0 Å². The van der Waals surface area contributed by atoms with Gasteiger partial charge < -0.3 is 5.32 Å². The van der Waals surface area contributed by atoms with Gasteiger partial charge in [0.2, 0.25) is 0 Å². The van der Waals surface area contributed by atoms with E-state index in [2.05, 4.69) is 38.5 Å². The fraction of sp³-hybridized carbons (Fsp3) is 0.273. The Hall–Kier alpha value is -0.910. The summed E-state index contributed by atoms with van der Waals surface area (Å²) in [6.07, 6.45) is 1.87. The van der Waals surface area contributed by atoms with Crippen LogP contribution in [0.15, 0.2) is 28.9 Å². The van der Waals surface area contributed by atoms with Crippen LogP contribution in [-0.4, -0.2) is 21.5 Å². The number of hydrogen-bond donors (Lipinski definition) is 1. The lowest BCUT2D eigenvalue weighted by Gasteiger charge is -2.03. The molecule has 0 aliphatic carbocycles. The Morgan fingerprint density at radius 2 is 2.29 bits per heavy atom. The van der Waals surface area contributed by atoms with E-state index in [0.717, 1.165) is 22.4 Å². The predicted octanol–water partition coefficient (Wildman–Crippen LogP) is 2.79. The second-order valence-electron chi connectivity index (χ2n) is 3.53. The molecule has 1 N–H and O–H groups in total. The molecule has 0 amide bonds. The molecule has 0 radical (unpaired) electrons. The highest BCUT2D eigenvalue weighted by Crippen LogP contribution is 2.23. The van der Waals surface area contributed by atoms with E-state index < -0.39 is 0 Å². The minimum Gasteiger partial charge on any atom is -0.311 e. The van der Waals surface area contributed by atoms with E-state index in [4.69, 9.17) is 11.6 Å². The number of benzene rings is 1. The second-order valence-corrected chi connectivity index (χ2v) is 4.85. The van der Waals surface area contributed by atoms with E-state index in [-0.39, 0.29) is 0 Å². The highest BCUT2D eigenvalue weighted by Gasteiger charge is 2.06. The Labute approximate surface area is 113 Å². The van der Waals surface area contributed by atoms with E-state index in [9.17, 15) is 0 Å². The van der Waals surface area contributed by atoms with Crippen molar-refractivity contribution in [1.82, 2.24) is 20.3 Å². The summed E-state index contributed by atoms with van der Waals surface area (Å²) in [4.78, 5) is 0. The minimum atomic E-state index is 0.646. The summed E-state index contributed by atoms with van der Waals surface area (Å²) < 4.78 is 2.64. The van der Waals surface area contributed by atoms with Gasteiger partial charge in [-0.1, -0.05) is 39.7 Å². The molecule has 0 saturated heterocycles. The molecule has 0 unspecified atom stereocenters. The molecule has 1 heterocycles. The lowest BCUT2D eigenvalue weighted by Crippen LogP contribution is -2.11. The van der Waals surface area contributed by atoms with Crippen LogP contribution in [0.25, 0.3) is 5.69 Å². The SMILES string of the molecule is CCNCc1cn(-c2cc(Br)ccc2Cl)nn1. The average Bonchev–Trinajstić information content (AvgIpc) is 2.78. The van der Waals surface area contributed by atoms with Gasteiger partial charge in [0.25, 0.3) is 0 Å². The highest BCUT2D eigenvalue weighted by molar-refractivity contribution is 9.10. The molecular formula is C11H12BrClN4. The van der Waals surface area contributed by atoms with E-state index in [1.807, 2.05) is 24.4 Å². The number of aromatic nitrogens is 3. The number of nitrogens with one attached hydrogen (secondary N) is 1. The van der Waals surface area contributed by atoms with Crippen LogP contribution < -0.4 is 5.32 Å². The van der Waals surface area contributed by atoms with Crippen molar-refractivity contribution in [2.24, 2.45) is 0 Å². The first-order valence-electron chi connectivity index (χ1n) is 5.28. The van der Waals surface area contributed by atoms with Gasteiger partial charge in [-0.2, -0.15) is 0 Å². The Kier molecular flexibility index (Phi) is 4.15. The summed E-state index contributed by atoms with van der Waals surface area (Å²) in [7, 11) is 0. The molecule has 4 nitrogen and oxygen atoms in total. The molecule has 2 aromatic rings. The van der Waals surface area contributed by atoms with Crippen molar-refractivity contribution < 1.29 is 0 Å². The van der Waals surface area contributed by atoms with Crippen LogP contribution in [0.5, 0.6) is 0 Å². The monoisotopic (exact) mass is 314 g/mol. The summed E-state index contributed by atoms with van der Waals surface area (Å²) in [6.45, 7) is 3.67. The van der Waals surface area contributed by atoms with Gasteiger partial charge in [0.05, 0.1) is 22.6 Å². The van der Waals surface area contributed by atoms with E-state index in [1.54, 1.807) is 4.68 Å². The highest BCUT2D eigenvalue weighted by atomic mass is 79.9. The number of nitrogens with zero attached hydrogens (tertiary/aromatic N) is 3. The van der Waals surface area contributed by atoms with Gasteiger partial charge in [-0.05, 0) is 24.7 Å². The van der Waals surface area contributed by atoms with Crippen LogP contribution in [0.4, 0.5) is 0 Å². The molecule has 1 aromatic heterocycles. The Morgan fingerprint density at radius 1 is 1.47 bits per heavy atom. The summed E-state index contributed by atoms with van der Waals surface area (Å²) in [6, 6.07) is 5.63. The maximum atomic E-state index is 6.12. The molecule has 0 bridgehead atoms. The van der Waals surface area contributed by atoms with Gasteiger partial charge in [0.15, 0.2) is 0 Å². The number of hydrogen-bond acceptors (Lipinski definition) is 3. The average molecular weight is 316 g/mol. The summed E-state index contributed by atoms with van der Waals surface area (Å²) >= 11 is 9.53. The van der Waals surface area contributed by atoms with Gasteiger partial charge in [-0.15, -0.1) is 5.10 Å². The van der Waals surface area contributed by atoms with Crippen LogP contribution in [0.3, 0.4) is 0 Å². The van der Waals surface area contributed by atoms with Gasteiger partial charge in [0.1, 0.15) is 0 Å². The molecule has 17 heavy (non-hydrogen) atoms. The van der Waals surface area contributed by atoms with Crippen molar-refractivity contribution in [3.8, 4) is 5.69 Å². The zero-order valence-electron chi connectivity index (χ0n) is 9.32. The zero-order valence-corrected chi connectivity index (χ0v) is 11.7. The zero-order chi connectivity index (χ0) is 12.3. The van der Waals surface area contributed by atoms with Crippen LogP contribution >= 0.6 is 27.5 Å². The van der Waals surface area contributed by atoms with Crippen molar-refractivity contribution in [2.75, 3.05) is 6.54 Å². The fourth-order valence-electron chi connectivity index (χ4n) is 1.41. The molecular weight excluding hydrogens is 304 g/mol. The third-order valence-corrected chi connectivity index (χ3v) is 3.06. The molecule has 0 atom stereocenters. The third-order valence-electron chi connectivity index (χ3n) is 2.25. The van der Waals surface area contributed by atoms with Crippen molar-refractivity contribution in [3.05, 3.63) is 39.6 Å². The topological polar surface area (TPSA) is 42.7 Å². The molecule has 1 aromatic carbocycles. The van der Waals surface area contributed by atoms with Gasteiger partial charge >= 0.3 is 0 Å². The van der Waals surface area contributed by atoms with Crippen LogP contribution in [0.2, 0.25) is 5.02 Å². The minimum absolute atomic E-state index is 0.646. The normalized spacial score (nSPS) is 10.8. The lowest BCUT2D eigenvalue weighted by molar-refractivity contribution is 0.705. The molecule has 0 spiro atoms. The quantitative estimate of drug-likeness (QED) is 0.943. The first-order valence-corrected chi connectivity index (χ1v) is 6.45. The third kappa shape index (κ3) is 3.06. The standard InChI is InChI=1S/C11H12BrClN4/c1-2-14-6-9-7-17(16-15-9)11-5-8(12)3-4-10(11)13/h3-5,7,14H,2,6H2,1H3. The predicted molar refractivity (Wildman–Crippen MR) is 71.4 cm³/mol. The van der Waals surface area contributed by atoms with Crippen molar-refractivity contribution in [3.63, 3.8) is 0 Å². The van der Waals surface area contributed by atoms with E-state index in [1.165, 1.54) is 0 Å². The maximum Gasteiger partial charge on any atom is 0.0969 e. The van der Waals surface area contributed by atoms with Gasteiger partial charge in [-0.3, -0.25) is 0 Å². The molecule has 0 saturated carbocycles.